The van der Waals surface area contributed by atoms with Gasteiger partial charge in [0.1, 0.15) is 5.69 Å². The monoisotopic (exact) mass is 480 g/mol. The van der Waals surface area contributed by atoms with Crippen LogP contribution >= 0.6 is 23.4 Å². The summed E-state index contributed by atoms with van der Waals surface area (Å²) in [4.78, 5) is 28.9. The van der Waals surface area contributed by atoms with E-state index < -0.39 is 16.8 Å². The molecule has 0 fully saturated rings. The highest BCUT2D eigenvalue weighted by atomic mass is 35.5. The maximum Gasteiger partial charge on any atom is 0.417 e. The third kappa shape index (κ3) is 5.71. The number of carbonyl (C=O) groups is 2. The van der Waals surface area contributed by atoms with Gasteiger partial charge < -0.3 is 5.32 Å². The number of pyridine rings is 1. The van der Waals surface area contributed by atoms with Crippen LogP contribution in [0.2, 0.25) is 5.02 Å². The van der Waals surface area contributed by atoms with E-state index in [4.69, 9.17) is 11.6 Å². The SMILES string of the molecule is CNC(=O)c1cc(Sc2cccc(N(C=O)Nc3ccc(Cl)c(C(F)(F)F)c3)c2)ccn1. The fourth-order valence-electron chi connectivity index (χ4n) is 2.66. The highest BCUT2D eigenvalue weighted by molar-refractivity contribution is 7.99. The third-order valence-corrected chi connectivity index (χ3v) is 5.46. The van der Waals surface area contributed by atoms with Crippen LogP contribution in [0.25, 0.3) is 0 Å². The Balaban J connectivity index is 1.82. The number of halogens is 4. The standard InChI is InChI=1S/C21H16ClF3N4O2S/c1-26-20(31)19-11-16(7-8-27-19)32-15-4-2-3-14(10-15)29(12-30)28-13-5-6-18(22)17(9-13)21(23,24)25/h2-12,28H,1H3,(H,26,31). The zero-order chi connectivity index (χ0) is 23.3. The van der Waals surface area contributed by atoms with Gasteiger partial charge in [0.15, 0.2) is 0 Å². The number of nitrogens with zero attached hydrogens (tertiary/aromatic N) is 2. The van der Waals surface area contributed by atoms with Crippen molar-refractivity contribution in [1.82, 2.24) is 10.3 Å². The van der Waals surface area contributed by atoms with Crippen LogP contribution in [0.3, 0.4) is 0 Å². The van der Waals surface area contributed by atoms with Crippen molar-refractivity contribution in [2.75, 3.05) is 17.5 Å². The van der Waals surface area contributed by atoms with Crippen LogP contribution in [0.5, 0.6) is 0 Å². The Hall–Kier alpha value is -3.24. The van der Waals surface area contributed by atoms with Gasteiger partial charge in [0.05, 0.1) is 22.0 Å². The Morgan fingerprint density at radius 3 is 2.56 bits per heavy atom. The van der Waals surface area contributed by atoms with Crippen LogP contribution in [-0.4, -0.2) is 24.3 Å². The van der Waals surface area contributed by atoms with Crippen LogP contribution in [0, 0.1) is 0 Å². The first kappa shape index (κ1) is 23.4. The smallest absolute Gasteiger partial charge is 0.354 e. The maximum absolute atomic E-state index is 13.1. The summed E-state index contributed by atoms with van der Waals surface area (Å²) in [7, 11) is 1.51. The van der Waals surface area contributed by atoms with Gasteiger partial charge >= 0.3 is 6.18 Å². The largest absolute Gasteiger partial charge is 0.417 e. The van der Waals surface area contributed by atoms with Crippen LogP contribution in [-0.2, 0) is 11.0 Å². The molecule has 6 nitrogen and oxygen atoms in total. The van der Waals surface area contributed by atoms with Crippen molar-refractivity contribution < 1.29 is 22.8 Å². The number of rotatable bonds is 7. The van der Waals surface area contributed by atoms with Crippen LogP contribution in [0.1, 0.15) is 16.1 Å². The molecule has 3 rings (SSSR count). The number of nitrogens with one attached hydrogen (secondary N) is 2. The second kappa shape index (κ2) is 9.92. The molecule has 3 aromatic rings. The summed E-state index contributed by atoms with van der Waals surface area (Å²) in [6.45, 7) is 0. The van der Waals surface area contributed by atoms with E-state index in [1.165, 1.54) is 31.1 Å². The molecule has 2 aromatic carbocycles. The van der Waals surface area contributed by atoms with Crippen molar-refractivity contribution in [2.45, 2.75) is 16.0 Å². The van der Waals surface area contributed by atoms with Gasteiger partial charge in [-0.2, -0.15) is 13.2 Å². The summed E-state index contributed by atoms with van der Waals surface area (Å²) in [5.74, 6) is -0.321. The molecule has 0 aliphatic rings. The number of benzene rings is 2. The molecule has 0 unspecified atom stereocenters. The number of hydrogen-bond donors (Lipinski definition) is 2. The molecule has 0 spiro atoms. The van der Waals surface area contributed by atoms with Gasteiger partial charge in [-0.25, -0.2) is 5.01 Å². The summed E-state index contributed by atoms with van der Waals surface area (Å²) < 4.78 is 39.3. The first-order chi connectivity index (χ1) is 15.2. The minimum absolute atomic E-state index is 0.0382. The summed E-state index contributed by atoms with van der Waals surface area (Å²) in [5, 5.41) is 3.11. The Kier molecular flexibility index (Phi) is 7.26. The van der Waals surface area contributed by atoms with E-state index in [0.29, 0.717) is 12.1 Å². The first-order valence-corrected chi connectivity index (χ1v) is 10.2. The van der Waals surface area contributed by atoms with Gasteiger partial charge in [-0.1, -0.05) is 29.4 Å². The van der Waals surface area contributed by atoms with Gasteiger partial charge in [0, 0.05) is 23.0 Å². The Labute approximate surface area is 190 Å². The topological polar surface area (TPSA) is 74.3 Å². The zero-order valence-corrected chi connectivity index (χ0v) is 18.1. The Bertz CT molecular complexity index is 1140. The van der Waals surface area contributed by atoms with Gasteiger partial charge in [-0.05, 0) is 48.5 Å². The molecule has 0 atom stereocenters. The van der Waals surface area contributed by atoms with Crippen LogP contribution in [0.4, 0.5) is 24.5 Å². The lowest BCUT2D eigenvalue weighted by atomic mass is 10.2. The highest BCUT2D eigenvalue weighted by Crippen LogP contribution is 2.36. The minimum Gasteiger partial charge on any atom is -0.354 e. The van der Waals surface area contributed by atoms with E-state index >= 15 is 0 Å². The molecule has 0 radical (unpaired) electrons. The van der Waals surface area contributed by atoms with E-state index in [1.54, 1.807) is 36.4 Å². The van der Waals surface area contributed by atoms with Gasteiger partial charge in [-0.3, -0.25) is 20.0 Å². The van der Waals surface area contributed by atoms with Crippen molar-refractivity contribution in [2.24, 2.45) is 0 Å². The first-order valence-electron chi connectivity index (χ1n) is 9.05. The quantitative estimate of drug-likeness (QED) is 0.356. The van der Waals surface area contributed by atoms with Crippen molar-refractivity contribution in [3.63, 3.8) is 0 Å². The van der Waals surface area contributed by atoms with Crippen molar-refractivity contribution >= 4 is 47.1 Å². The van der Waals surface area contributed by atoms with Gasteiger partial charge in [0.2, 0.25) is 6.41 Å². The van der Waals surface area contributed by atoms with Crippen molar-refractivity contribution in [3.8, 4) is 0 Å². The summed E-state index contributed by atoms with van der Waals surface area (Å²) in [6, 6.07) is 13.4. The van der Waals surface area contributed by atoms with Crippen LogP contribution in [0.15, 0.2) is 70.6 Å². The van der Waals surface area contributed by atoms with E-state index in [1.807, 2.05) is 0 Å². The lowest BCUT2D eigenvalue weighted by Crippen LogP contribution is -2.28. The normalized spacial score (nSPS) is 11.0. The Morgan fingerprint density at radius 2 is 1.88 bits per heavy atom. The maximum atomic E-state index is 13.1. The summed E-state index contributed by atoms with van der Waals surface area (Å²) in [5.41, 5.74) is 2.32. The number of hydrogen-bond acceptors (Lipinski definition) is 5. The molecular weight excluding hydrogens is 465 g/mol. The minimum atomic E-state index is -4.63. The number of carbonyl (C=O) groups excluding carboxylic acids is 2. The second-order valence-corrected chi connectivity index (χ2v) is 7.89. The van der Waals surface area contributed by atoms with Crippen molar-refractivity contribution in [1.29, 1.82) is 0 Å². The molecule has 2 N–H and O–H groups in total. The predicted molar refractivity (Wildman–Crippen MR) is 117 cm³/mol. The average molecular weight is 481 g/mol. The molecule has 0 saturated carbocycles. The lowest BCUT2D eigenvalue weighted by Gasteiger charge is -2.21. The molecule has 0 saturated heterocycles. The third-order valence-electron chi connectivity index (χ3n) is 4.15. The highest BCUT2D eigenvalue weighted by Gasteiger charge is 2.33. The molecule has 1 heterocycles. The lowest BCUT2D eigenvalue weighted by molar-refractivity contribution is -0.137. The number of anilines is 2. The number of amides is 2. The zero-order valence-electron chi connectivity index (χ0n) is 16.5. The van der Waals surface area contributed by atoms with E-state index in [0.717, 1.165) is 26.9 Å². The fourth-order valence-corrected chi connectivity index (χ4v) is 3.79. The molecular formula is C21H16ClF3N4O2S. The molecule has 0 bridgehead atoms. The molecule has 0 aliphatic carbocycles. The van der Waals surface area contributed by atoms with Gasteiger partial charge in [0.25, 0.3) is 5.91 Å². The molecule has 2 amide bonds. The average Bonchev–Trinajstić information content (AvgIpc) is 2.77. The van der Waals surface area contributed by atoms with E-state index in [2.05, 4.69) is 15.7 Å². The predicted octanol–water partition coefficient (Wildman–Crippen LogP) is 5.25. The molecule has 32 heavy (non-hydrogen) atoms. The molecule has 166 valence electrons. The van der Waals surface area contributed by atoms with Crippen LogP contribution < -0.4 is 15.8 Å². The van der Waals surface area contributed by atoms with Crippen molar-refractivity contribution in [3.05, 3.63) is 77.1 Å². The molecule has 11 heteroatoms. The number of alkyl halides is 3. The summed E-state index contributed by atoms with van der Waals surface area (Å²) >= 11 is 6.97. The number of hydrazine groups is 1. The van der Waals surface area contributed by atoms with E-state index in [-0.39, 0.29) is 17.3 Å². The van der Waals surface area contributed by atoms with E-state index in [9.17, 15) is 22.8 Å². The second-order valence-electron chi connectivity index (χ2n) is 6.33. The Morgan fingerprint density at radius 1 is 1.12 bits per heavy atom. The summed E-state index contributed by atoms with van der Waals surface area (Å²) in [6.07, 6.45) is -2.67. The number of aromatic nitrogens is 1. The molecule has 1 aromatic heterocycles. The van der Waals surface area contributed by atoms with Gasteiger partial charge in [-0.15, -0.1) is 0 Å². The molecule has 0 aliphatic heterocycles. The fraction of sp³-hybridized carbons (Fsp3) is 0.0952.